The normalized spacial score (nSPS) is 10.4. The Balaban J connectivity index is 0.000000575. The Bertz CT molecular complexity index is 873. The van der Waals surface area contributed by atoms with Gasteiger partial charge in [-0.15, -0.1) is 0 Å². The molecule has 34 heavy (non-hydrogen) atoms. The predicted octanol–water partition coefficient (Wildman–Crippen LogP) is 4.08. The number of primary amides is 1. The first-order chi connectivity index (χ1) is 16.2. The molecule has 0 aliphatic heterocycles. The van der Waals surface area contributed by atoms with E-state index in [1.165, 1.54) is 32.7 Å². The number of pyridine rings is 1. The van der Waals surface area contributed by atoms with Crippen molar-refractivity contribution in [1.29, 1.82) is 0 Å². The quantitative estimate of drug-likeness (QED) is 0.537. The lowest BCUT2D eigenvalue weighted by Gasteiger charge is -2.13. The number of nitrogens with zero attached hydrogens (tertiary/aromatic N) is 1. The Labute approximate surface area is 201 Å². The van der Waals surface area contributed by atoms with Crippen LogP contribution in [-0.2, 0) is 25.7 Å². The van der Waals surface area contributed by atoms with Crippen LogP contribution in [0.25, 0.3) is 0 Å². The summed E-state index contributed by atoms with van der Waals surface area (Å²) in [6.45, 7) is 9.99. The average Bonchev–Trinajstić information content (AvgIpc) is 2.82. The number of hydrogen-bond acceptors (Lipinski definition) is 8. The van der Waals surface area contributed by atoms with Gasteiger partial charge >= 0.3 is 11.9 Å². The van der Waals surface area contributed by atoms with E-state index in [1.807, 2.05) is 37.3 Å². The van der Waals surface area contributed by atoms with Crippen molar-refractivity contribution in [2.24, 2.45) is 5.73 Å². The molecule has 0 fully saturated rings. The van der Waals surface area contributed by atoms with Crippen LogP contribution in [0.3, 0.4) is 0 Å². The molecule has 0 bridgehead atoms. The smallest absolute Gasteiger partial charge is 0.308 e. The van der Waals surface area contributed by atoms with E-state index >= 15 is 0 Å². The van der Waals surface area contributed by atoms with Gasteiger partial charge in [-0.05, 0) is 12.5 Å². The Hall–Kier alpha value is -3.46. The van der Waals surface area contributed by atoms with Crippen molar-refractivity contribution in [2.45, 2.75) is 60.2 Å². The molecule has 1 amide bonds. The van der Waals surface area contributed by atoms with Crippen molar-refractivity contribution in [2.75, 3.05) is 13.7 Å². The standard InChI is InChI=1S/C13H18O3.C9H10N2O4.C3H8/c1-3-13(14)16-9-11(2)15-10-12-7-5-4-6-8-12;1-5(12)15-8-6(14-2)3-4-11-7(8)9(10)13;1-3-2/h4-8,11H,3,9-10H2,1-2H3;3-4H,1-2H3,(H2,10,13);3H2,1-2H3. The van der Waals surface area contributed by atoms with Crippen LogP contribution in [0.5, 0.6) is 11.5 Å². The van der Waals surface area contributed by atoms with Gasteiger partial charge in [0, 0.05) is 25.6 Å². The minimum Gasteiger partial charge on any atom is -0.493 e. The summed E-state index contributed by atoms with van der Waals surface area (Å²) in [5.74, 6) is -1.38. The van der Waals surface area contributed by atoms with Crippen molar-refractivity contribution < 1.29 is 33.3 Å². The highest BCUT2D eigenvalue weighted by atomic mass is 16.6. The molecule has 0 spiro atoms. The third kappa shape index (κ3) is 13.2. The van der Waals surface area contributed by atoms with E-state index in [2.05, 4.69) is 18.8 Å². The Morgan fingerprint density at radius 1 is 1.06 bits per heavy atom. The van der Waals surface area contributed by atoms with E-state index in [9.17, 15) is 14.4 Å². The molecule has 2 N–H and O–H groups in total. The molecule has 1 unspecified atom stereocenters. The maximum absolute atomic E-state index is 11.0. The van der Waals surface area contributed by atoms with E-state index in [-0.39, 0.29) is 29.3 Å². The highest BCUT2D eigenvalue weighted by Crippen LogP contribution is 2.29. The molecule has 2 aromatic rings. The minimum atomic E-state index is -0.787. The number of aromatic nitrogens is 1. The zero-order valence-electron chi connectivity index (χ0n) is 20.8. The summed E-state index contributed by atoms with van der Waals surface area (Å²) in [5.41, 5.74) is 6.05. The maximum atomic E-state index is 11.0. The van der Waals surface area contributed by atoms with E-state index in [1.54, 1.807) is 6.92 Å². The first kappa shape index (κ1) is 30.5. The van der Waals surface area contributed by atoms with E-state index in [4.69, 9.17) is 24.7 Å². The molecule has 1 aromatic carbocycles. The molecule has 0 radical (unpaired) electrons. The number of methoxy groups -OCH3 is 1. The Kier molecular flexibility index (Phi) is 16.2. The third-order valence-electron chi connectivity index (χ3n) is 3.71. The number of nitrogens with two attached hydrogens (primary N) is 1. The van der Waals surface area contributed by atoms with Gasteiger partial charge < -0.3 is 24.7 Å². The number of rotatable bonds is 9. The molecule has 0 saturated heterocycles. The summed E-state index contributed by atoms with van der Waals surface area (Å²) in [5, 5.41) is 0. The number of esters is 2. The van der Waals surface area contributed by atoms with E-state index < -0.39 is 11.9 Å². The monoisotopic (exact) mass is 476 g/mol. The van der Waals surface area contributed by atoms with Crippen molar-refractivity contribution in [3.63, 3.8) is 0 Å². The summed E-state index contributed by atoms with van der Waals surface area (Å²) >= 11 is 0. The molecular weight excluding hydrogens is 440 g/mol. The molecule has 0 aliphatic rings. The SMILES string of the molecule is CCC.CCC(=O)OCC(C)OCc1ccccc1.COc1ccnc(C(N)=O)c1OC(C)=O. The van der Waals surface area contributed by atoms with Crippen LogP contribution in [-0.4, -0.2) is 42.7 Å². The second-order valence-electron chi connectivity index (χ2n) is 7.00. The Morgan fingerprint density at radius 3 is 2.18 bits per heavy atom. The molecule has 188 valence electrons. The second kappa shape index (κ2) is 18.0. The number of carbonyl (C=O) groups excluding carboxylic acids is 3. The van der Waals surface area contributed by atoms with Gasteiger partial charge in [-0.2, -0.15) is 0 Å². The van der Waals surface area contributed by atoms with Gasteiger partial charge in [0.2, 0.25) is 5.75 Å². The minimum absolute atomic E-state index is 0.0556. The van der Waals surface area contributed by atoms with Crippen LogP contribution < -0.4 is 15.2 Å². The number of ether oxygens (including phenoxy) is 4. The fourth-order valence-electron chi connectivity index (χ4n) is 2.18. The summed E-state index contributed by atoms with van der Waals surface area (Å²) in [4.78, 5) is 36.4. The maximum Gasteiger partial charge on any atom is 0.308 e. The molecule has 1 aromatic heterocycles. The Morgan fingerprint density at radius 2 is 1.68 bits per heavy atom. The molecule has 9 nitrogen and oxygen atoms in total. The van der Waals surface area contributed by atoms with Crippen LogP contribution in [0.1, 0.15) is 63.5 Å². The van der Waals surface area contributed by atoms with Crippen molar-refractivity contribution in [3.05, 3.63) is 53.9 Å². The fraction of sp³-hybridized carbons (Fsp3) is 0.440. The summed E-state index contributed by atoms with van der Waals surface area (Å²) in [6, 6.07) is 11.4. The number of amides is 1. The van der Waals surface area contributed by atoms with Crippen LogP contribution in [0, 0.1) is 0 Å². The van der Waals surface area contributed by atoms with Gasteiger partial charge in [0.25, 0.3) is 5.91 Å². The number of benzene rings is 1. The van der Waals surface area contributed by atoms with Gasteiger partial charge in [0.05, 0.1) is 19.8 Å². The largest absolute Gasteiger partial charge is 0.493 e. The third-order valence-corrected chi connectivity index (χ3v) is 3.71. The fourth-order valence-corrected chi connectivity index (χ4v) is 2.18. The predicted molar refractivity (Wildman–Crippen MR) is 129 cm³/mol. The molecule has 1 atom stereocenters. The highest BCUT2D eigenvalue weighted by Gasteiger charge is 2.18. The molecule has 9 heteroatoms. The van der Waals surface area contributed by atoms with E-state index in [0.717, 1.165) is 5.56 Å². The van der Waals surface area contributed by atoms with Gasteiger partial charge in [-0.1, -0.05) is 57.5 Å². The first-order valence-corrected chi connectivity index (χ1v) is 11.0. The number of carbonyl (C=O) groups is 3. The van der Waals surface area contributed by atoms with Gasteiger partial charge in [0.15, 0.2) is 11.4 Å². The molecule has 2 rings (SSSR count). The topological polar surface area (TPSA) is 127 Å². The summed E-state index contributed by atoms with van der Waals surface area (Å²) in [6.07, 6.45) is 2.92. The molecule has 0 saturated carbocycles. The first-order valence-electron chi connectivity index (χ1n) is 11.0. The van der Waals surface area contributed by atoms with Crippen LogP contribution in [0.4, 0.5) is 0 Å². The van der Waals surface area contributed by atoms with Gasteiger partial charge in [-0.3, -0.25) is 14.4 Å². The molecular formula is C25H36N2O7. The van der Waals surface area contributed by atoms with Crippen molar-refractivity contribution in [1.82, 2.24) is 4.98 Å². The lowest BCUT2D eigenvalue weighted by molar-refractivity contribution is -0.147. The summed E-state index contributed by atoms with van der Waals surface area (Å²) < 4.78 is 20.2. The zero-order chi connectivity index (χ0) is 25.9. The zero-order valence-corrected chi connectivity index (χ0v) is 20.8. The van der Waals surface area contributed by atoms with Crippen molar-refractivity contribution in [3.8, 4) is 11.5 Å². The van der Waals surface area contributed by atoms with Crippen LogP contribution in [0.2, 0.25) is 0 Å². The van der Waals surface area contributed by atoms with E-state index in [0.29, 0.717) is 19.6 Å². The van der Waals surface area contributed by atoms with Crippen molar-refractivity contribution >= 4 is 17.8 Å². The van der Waals surface area contributed by atoms with Crippen LogP contribution in [0.15, 0.2) is 42.6 Å². The van der Waals surface area contributed by atoms with Crippen LogP contribution >= 0.6 is 0 Å². The average molecular weight is 477 g/mol. The second-order valence-corrected chi connectivity index (χ2v) is 7.00. The lowest BCUT2D eigenvalue weighted by atomic mass is 10.2. The molecule has 0 aliphatic carbocycles. The lowest BCUT2D eigenvalue weighted by Crippen LogP contribution is -2.18. The number of hydrogen-bond donors (Lipinski definition) is 1. The molecule has 1 heterocycles. The highest BCUT2D eigenvalue weighted by molar-refractivity contribution is 5.95. The van der Waals surface area contributed by atoms with Gasteiger partial charge in [-0.25, -0.2) is 4.98 Å². The van der Waals surface area contributed by atoms with Gasteiger partial charge in [0.1, 0.15) is 6.61 Å². The summed E-state index contributed by atoms with van der Waals surface area (Å²) in [7, 11) is 1.38.